The molecule has 0 spiro atoms. The third-order valence-corrected chi connectivity index (χ3v) is 9.50. The van der Waals surface area contributed by atoms with Crippen LogP contribution in [0.2, 0.25) is 18.1 Å². The van der Waals surface area contributed by atoms with Crippen molar-refractivity contribution in [1.29, 1.82) is 5.26 Å². The van der Waals surface area contributed by atoms with E-state index in [-0.39, 0.29) is 11.0 Å². The molecule has 0 aromatic heterocycles. The average Bonchev–Trinajstić information content (AvgIpc) is 2.61. The predicted molar refractivity (Wildman–Crippen MR) is 111 cm³/mol. The van der Waals surface area contributed by atoms with Crippen LogP contribution in [0.15, 0.2) is 72.5 Å². The molecule has 0 saturated carbocycles. The van der Waals surface area contributed by atoms with Gasteiger partial charge in [0.2, 0.25) is 0 Å². The highest BCUT2D eigenvalue weighted by Crippen LogP contribution is 2.38. The molecule has 0 N–H and O–H groups in total. The molecule has 3 heteroatoms. The molecule has 1 atom stereocenters. The summed E-state index contributed by atoms with van der Waals surface area (Å²) in [6.07, 6.45) is 2.85. The quantitative estimate of drug-likeness (QED) is 0.336. The number of hydrogen-bond donors (Lipinski definition) is 0. The van der Waals surface area contributed by atoms with Crippen molar-refractivity contribution in [2.24, 2.45) is 0 Å². The standard InChI is InChI=1S/C23H29NOSi/c1-23(2,3)26(4,5)25-22(18-24)17-21(20-14-10-7-11-15-20)16-19-12-8-6-9-13-19/h6-15,17,21H,16H2,1-5H3/b22-17-. The minimum Gasteiger partial charge on any atom is -0.537 e. The van der Waals surface area contributed by atoms with Crippen LogP contribution < -0.4 is 0 Å². The maximum Gasteiger partial charge on any atom is 0.251 e. The van der Waals surface area contributed by atoms with Crippen LogP contribution in [0.5, 0.6) is 0 Å². The summed E-state index contributed by atoms with van der Waals surface area (Å²) < 4.78 is 6.28. The van der Waals surface area contributed by atoms with Gasteiger partial charge in [0.1, 0.15) is 6.07 Å². The zero-order valence-electron chi connectivity index (χ0n) is 16.5. The van der Waals surface area contributed by atoms with E-state index in [1.807, 2.05) is 30.3 Å². The van der Waals surface area contributed by atoms with Gasteiger partial charge in [-0.05, 0) is 41.8 Å². The topological polar surface area (TPSA) is 33.0 Å². The Bertz CT molecular complexity index is 767. The Morgan fingerprint density at radius 2 is 1.58 bits per heavy atom. The van der Waals surface area contributed by atoms with Gasteiger partial charge >= 0.3 is 0 Å². The molecule has 2 aromatic carbocycles. The van der Waals surface area contributed by atoms with Crippen LogP contribution in [-0.4, -0.2) is 8.32 Å². The summed E-state index contributed by atoms with van der Waals surface area (Å²) in [6.45, 7) is 10.9. The number of hydrogen-bond acceptors (Lipinski definition) is 2. The molecule has 1 unspecified atom stereocenters. The zero-order valence-corrected chi connectivity index (χ0v) is 17.5. The number of nitrogens with zero attached hydrogens (tertiary/aromatic N) is 1. The molecule has 2 nitrogen and oxygen atoms in total. The second kappa shape index (κ2) is 8.38. The van der Waals surface area contributed by atoms with E-state index in [1.165, 1.54) is 11.1 Å². The Labute approximate surface area is 159 Å². The van der Waals surface area contributed by atoms with Gasteiger partial charge in [0.25, 0.3) is 8.32 Å². The molecule has 136 valence electrons. The first-order valence-electron chi connectivity index (χ1n) is 9.13. The third kappa shape index (κ3) is 5.34. The lowest BCUT2D eigenvalue weighted by molar-refractivity contribution is 0.399. The molecular weight excluding hydrogens is 334 g/mol. The number of benzene rings is 2. The normalized spacial score (nSPS) is 13.8. The smallest absolute Gasteiger partial charge is 0.251 e. The number of nitriles is 1. The Kier molecular flexibility index (Phi) is 6.45. The van der Waals surface area contributed by atoms with Crippen molar-refractivity contribution in [1.82, 2.24) is 0 Å². The van der Waals surface area contributed by atoms with Crippen molar-refractivity contribution in [3.05, 3.63) is 83.6 Å². The lowest BCUT2D eigenvalue weighted by Crippen LogP contribution is -2.40. The molecule has 26 heavy (non-hydrogen) atoms. The SMILES string of the molecule is CC(C)(C)[Si](C)(C)O/C(C#N)=C\C(Cc1ccccc1)c1ccccc1. The van der Waals surface area contributed by atoms with Gasteiger partial charge in [-0.15, -0.1) is 0 Å². The van der Waals surface area contributed by atoms with Crippen molar-refractivity contribution >= 4 is 8.32 Å². The highest BCUT2D eigenvalue weighted by Gasteiger charge is 2.39. The Balaban J connectivity index is 2.35. The highest BCUT2D eigenvalue weighted by molar-refractivity contribution is 6.74. The van der Waals surface area contributed by atoms with Crippen molar-refractivity contribution < 1.29 is 4.43 Å². The minimum absolute atomic E-state index is 0.0601. The van der Waals surface area contributed by atoms with Gasteiger partial charge in [-0.3, -0.25) is 0 Å². The summed E-state index contributed by atoms with van der Waals surface area (Å²) in [4.78, 5) is 0. The largest absolute Gasteiger partial charge is 0.537 e. The van der Waals surface area contributed by atoms with E-state index < -0.39 is 8.32 Å². The first-order chi connectivity index (χ1) is 12.2. The van der Waals surface area contributed by atoms with Gasteiger partial charge in [-0.25, -0.2) is 0 Å². The van der Waals surface area contributed by atoms with Gasteiger partial charge in [-0.2, -0.15) is 5.26 Å². The molecule has 0 aliphatic heterocycles. The van der Waals surface area contributed by atoms with Crippen molar-refractivity contribution in [2.75, 3.05) is 0 Å². The minimum atomic E-state index is -2.04. The third-order valence-electron chi connectivity index (χ3n) is 5.16. The Morgan fingerprint density at radius 3 is 2.08 bits per heavy atom. The second-order valence-corrected chi connectivity index (χ2v) is 12.9. The Hall–Kier alpha value is -2.31. The van der Waals surface area contributed by atoms with E-state index in [9.17, 15) is 5.26 Å². The maximum atomic E-state index is 9.70. The number of rotatable bonds is 6. The first kappa shape index (κ1) is 20.0. The molecule has 0 saturated heterocycles. The summed E-state index contributed by atoms with van der Waals surface area (Å²) in [5.41, 5.74) is 2.45. The van der Waals surface area contributed by atoms with Gasteiger partial charge in [-0.1, -0.05) is 81.4 Å². The maximum absolute atomic E-state index is 9.70. The van der Waals surface area contributed by atoms with Crippen LogP contribution in [0.1, 0.15) is 37.8 Å². The van der Waals surface area contributed by atoms with Crippen molar-refractivity contribution in [2.45, 2.75) is 51.2 Å². The molecule has 0 aliphatic rings. The molecule has 0 amide bonds. The van der Waals surface area contributed by atoms with E-state index in [0.717, 1.165) is 6.42 Å². The van der Waals surface area contributed by atoms with Crippen LogP contribution in [0.4, 0.5) is 0 Å². The van der Waals surface area contributed by atoms with Crippen molar-refractivity contribution in [3.8, 4) is 6.07 Å². The zero-order chi connectivity index (χ0) is 19.2. The lowest BCUT2D eigenvalue weighted by Gasteiger charge is -2.36. The van der Waals surface area contributed by atoms with E-state index in [2.05, 4.69) is 76.3 Å². The molecule has 2 aromatic rings. The summed E-state index contributed by atoms with van der Waals surface area (Å²) in [7, 11) is -2.04. The van der Waals surface area contributed by atoms with Crippen LogP contribution in [0.25, 0.3) is 0 Å². The van der Waals surface area contributed by atoms with Crippen LogP contribution >= 0.6 is 0 Å². The molecule has 0 bridgehead atoms. The second-order valence-electron chi connectivity index (χ2n) is 8.21. The van der Waals surface area contributed by atoms with E-state index in [1.54, 1.807) is 0 Å². The fourth-order valence-electron chi connectivity index (χ4n) is 2.55. The van der Waals surface area contributed by atoms with Gasteiger partial charge in [0, 0.05) is 5.92 Å². The molecule has 0 aliphatic carbocycles. The van der Waals surface area contributed by atoms with E-state index in [4.69, 9.17) is 4.43 Å². The fraction of sp³-hybridized carbons (Fsp3) is 0.348. The molecule has 0 fully saturated rings. The summed E-state index contributed by atoms with van der Waals surface area (Å²) in [5.74, 6) is 0.555. The van der Waals surface area contributed by atoms with Crippen LogP contribution in [0.3, 0.4) is 0 Å². The molecule has 2 rings (SSSR count). The van der Waals surface area contributed by atoms with E-state index in [0.29, 0.717) is 5.76 Å². The molecule has 0 heterocycles. The van der Waals surface area contributed by atoms with Gasteiger partial charge < -0.3 is 4.43 Å². The number of allylic oxidation sites excluding steroid dienone is 2. The van der Waals surface area contributed by atoms with Crippen LogP contribution in [0, 0.1) is 11.3 Å². The van der Waals surface area contributed by atoms with Gasteiger partial charge in [0.15, 0.2) is 5.76 Å². The molecule has 0 radical (unpaired) electrons. The van der Waals surface area contributed by atoms with Crippen molar-refractivity contribution in [3.63, 3.8) is 0 Å². The van der Waals surface area contributed by atoms with Crippen LogP contribution in [-0.2, 0) is 10.8 Å². The highest BCUT2D eigenvalue weighted by atomic mass is 28.4. The summed E-state index contributed by atoms with van der Waals surface area (Å²) in [6, 6.07) is 23.0. The average molecular weight is 364 g/mol. The predicted octanol–water partition coefficient (Wildman–Crippen LogP) is 6.44. The molecular formula is C23H29NOSi. The fourth-order valence-corrected chi connectivity index (χ4v) is 3.52. The van der Waals surface area contributed by atoms with Gasteiger partial charge in [0.05, 0.1) is 0 Å². The summed E-state index contributed by atoms with van der Waals surface area (Å²) >= 11 is 0. The summed E-state index contributed by atoms with van der Waals surface area (Å²) in [5, 5.41) is 9.76. The monoisotopic (exact) mass is 363 g/mol. The first-order valence-corrected chi connectivity index (χ1v) is 12.0. The van der Waals surface area contributed by atoms with E-state index >= 15 is 0 Å². The Morgan fingerprint density at radius 1 is 1.04 bits per heavy atom. The lowest BCUT2D eigenvalue weighted by atomic mass is 9.91.